The minimum atomic E-state index is -4.57. The lowest BCUT2D eigenvalue weighted by Gasteiger charge is -2.28. The van der Waals surface area contributed by atoms with E-state index in [2.05, 4.69) is 0 Å². The third-order valence-electron chi connectivity index (χ3n) is 2.82. The molecule has 17 heavy (non-hydrogen) atoms. The van der Waals surface area contributed by atoms with Crippen molar-refractivity contribution in [2.24, 2.45) is 0 Å². The molecule has 0 N–H and O–H groups in total. The van der Waals surface area contributed by atoms with Crippen molar-refractivity contribution in [3.63, 3.8) is 0 Å². The van der Waals surface area contributed by atoms with Crippen LogP contribution in [0, 0.1) is 0 Å². The van der Waals surface area contributed by atoms with Crippen LogP contribution >= 0.6 is 0 Å². The van der Waals surface area contributed by atoms with Gasteiger partial charge in [-0.3, -0.25) is 0 Å². The first-order valence-corrected chi connectivity index (χ1v) is 4.91. The van der Waals surface area contributed by atoms with E-state index in [0.29, 0.717) is 6.07 Å². The fourth-order valence-electron chi connectivity index (χ4n) is 1.87. The third kappa shape index (κ3) is 2.25. The summed E-state index contributed by atoms with van der Waals surface area (Å²) < 4.78 is 76.2. The number of rotatable bonds is 0. The number of fused-ring (bicyclic) bond motifs is 1. The minimum Gasteiger partial charge on any atom is -0.240 e. The van der Waals surface area contributed by atoms with Gasteiger partial charge in [0.25, 0.3) is 5.92 Å². The molecule has 0 heterocycles. The van der Waals surface area contributed by atoms with Crippen molar-refractivity contribution in [2.45, 2.75) is 31.1 Å². The van der Waals surface area contributed by atoms with Crippen molar-refractivity contribution in [3.8, 4) is 0 Å². The topological polar surface area (TPSA) is 0 Å². The van der Waals surface area contributed by atoms with Crippen LogP contribution in [0.15, 0.2) is 18.2 Å². The van der Waals surface area contributed by atoms with Crippen LogP contribution in [0.5, 0.6) is 0 Å². The molecular formula is C11H8F6. The van der Waals surface area contributed by atoms with Gasteiger partial charge in [0, 0.05) is 12.8 Å². The quantitative estimate of drug-likeness (QED) is 0.618. The van der Waals surface area contributed by atoms with Crippen molar-refractivity contribution in [3.05, 3.63) is 34.9 Å². The summed E-state index contributed by atoms with van der Waals surface area (Å²) in [5.74, 6) is -3.59. The highest BCUT2D eigenvalue weighted by atomic mass is 19.4. The molecule has 1 aliphatic carbocycles. The first-order chi connectivity index (χ1) is 7.70. The molecular weight excluding hydrogens is 246 g/mol. The van der Waals surface area contributed by atoms with Crippen molar-refractivity contribution in [1.82, 2.24) is 0 Å². The summed E-state index contributed by atoms with van der Waals surface area (Å²) >= 11 is 0. The van der Waals surface area contributed by atoms with Crippen molar-refractivity contribution in [2.75, 3.05) is 0 Å². The van der Waals surface area contributed by atoms with Crippen LogP contribution in [0.25, 0.3) is 0 Å². The average molecular weight is 254 g/mol. The number of hydrogen-bond acceptors (Lipinski definition) is 0. The van der Waals surface area contributed by atoms with E-state index in [4.69, 9.17) is 0 Å². The maximum Gasteiger partial charge on any atom is 0.416 e. The lowest BCUT2D eigenvalue weighted by Crippen LogP contribution is -2.38. The van der Waals surface area contributed by atoms with Crippen LogP contribution in [0.4, 0.5) is 26.3 Å². The van der Waals surface area contributed by atoms with Gasteiger partial charge in [0.1, 0.15) is 0 Å². The van der Waals surface area contributed by atoms with Gasteiger partial charge in [0.05, 0.1) is 5.56 Å². The Morgan fingerprint density at radius 3 is 2.35 bits per heavy atom. The molecule has 0 bridgehead atoms. The minimum absolute atomic E-state index is 0.126. The van der Waals surface area contributed by atoms with Gasteiger partial charge >= 0.3 is 6.18 Å². The molecule has 0 spiro atoms. The summed E-state index contributed by atoms with van der Waals surface area (Å²) in [5.41, 5.74) is -0.889. The summed E-state index contributed by atoms with van der Waals surface area (Å²) in [6, 6.07) is 2.53. The van der Waals surface area contributed by atoms with Gasteiger partial charge in [0.2, 0.25) is 0 Å². The maximum atomic E-state index is 13.0. The SMILES string of the molecule is FC1Cc2ccc(C(F)(F)F)cc2CC1(F)F. The molecule has 0 radical (unpaired) electrons. The zero-order valence-corrected chi connectivity index (χ0v) is 8.49. The zero-order chi connectivity index (χ0) is 12.8. The second kappa shape index (κ2) is 3.65. The summed E-state index contributed by atoms with van der Waals surface area (Å²) in [6.45, 7) is 0. The Labute approximate surface area is 93.2 Å². The molecule has 94 valence electrons. The van der Waals surface area contributed by atoms with Gasteiger partial charge in [-0.1, -0.05) is 6.07 Å². The molecule has 1 aromatic carbocycles. The first kappa shape index (κ1) is 12.3. The van der Waals surface area contributed by atoms with Crippen LogP contribution in [-0.4, -0.2) is 12.1 Å². The molecule has 6 heteroatoms. The van der Waals surface area contributed by atoms with Crippen molar-refractivity contribution >= 4 is 0 Å². The molecule has 0 fully saturated rings. The molecule has 1 unspecified atom stereocenters. The normalized spacial score (nSPS) is 23.3. The van der Waals surface area contributed by atoms with E-state index in [1.54, 1.807) is 0 Å². The average Bonchev–Trinajstić information content (AvgIpc) is 2.17. The second-order valence-corrected chi connectivity index (χ2v) is 4.09. The smallest absolute Gasteiger partial charge is 0.240 e. The molecule has 1 atom stereocenters. The van der Waals surface area contributed by atoms with Crippen LogP contribution < -0.4 is 0 Å². The van der Waals surface area contributed by atoms with Gasteiger partial charge < -0.3 is 0 Å². The van der Waals surface area contributed by atoms with E-state index in [1.165, 1.54) is 0 Å². The second-order valence-electron chi connectivity index (χ2n) is 4.09. The highest BCUT2D eigenvalue weighted by Gasteiger charge is 2.44. The van der Waals surface area contributed by atoms with E-state index in [1.807, 2.05) is 0 Å². The van der Waals surface area contributed by atoms with Crippen molar-refractivity contribution in [1.29, 1.82) is 0 Å². The monoisotopic (exact) mass is 254 g/mol. The number of benzene rings is 1. The number of alkyl halides is 6. The van der Waals surface area contributed by atoms with Crippen LogP contribution in [0.3, 0.4) is 0 Å². The fraction of sp³-hybridized carbons (Fsp3) is 0.455. The fourth-order valence-corrected chi connectivity index (χ4v) is 1.87. The molecule has 0 saturated carbocycles. The van der Waals surface area contributed by atoms with Crippen molar-refractivity contribution < 1.29 is 26.3 Å². The summed E-state index contributed by atoms with van der Waals surface area (Å²) in [6.07, 6.45) is -8.42. The van der Waals surface area contributed by atoms with Gasteiger partial charge in [-0.15, -0.1) is 0 Å². The molecule has 0 nitrogen and oxygen atoms in total. The maximum absolute atomic E-state index is 13.0. The number of halogens is 6. The Bertz CT molecular complexity index is 434. The van der Waals surface area contributed by atoms with Crippen LogP contribution in [0.2, 0.25) is 0 Å². The highest BCUT2D eigenvalue weighted by Crippen LogP contribution is 2.38. The Morgan fingerprint density at radius 2 is 1.76 bits per heavy atom. The van der Waals surface area contributed by atoms with E-state index in [0.717, 1.165) is 12.1 Å². The first-order valence-electron chi connectivity index (χ1n) is 4.91. The summed E-state index contributed by atoms with van der Waals surface area (Å²) in [4.78, 5) is 0. The molecule has 1 aromatic rings. The Hall–Kier alpha value is -1.20. The lowest BCUT2D eigenvalue weighted by atomic mass is 9.86. The molecule has 0 aromatic heterocycles. The van der Waals surface area contributed by atoms with Gasteiger partial charge in [-0.25, -0.2) is 13.2 Å². The van der Waals surface area contributed by atoms with E-state index in [9.17, 15) is 26.3 Å². The Morgan fingerprint density at radius 1 is 1.12 bits per heavy atom. The zero-order valence-electron chi connectivity index (χ0n) is 8.49. The highest BCUT2D eigenvalue weighted by molar-refractivity contribution is 5.37. The Balaban J connectivity index is 2.41. The molecule has 2 rings (SSSR count). The summed E-state index contributed by atoms with van der Waals surface area (Å²) in [7, 11) is 0. The largest absolute Gasteiger partial charge is 0.416 e. The predicted molar refractivity (Wildman–Crippen MR) is 48.7 cm³/mol. The number of hydrogen-bond donors (Lipinski definition) is 0. The van der Waals surface area contributed by atoms with Gasteiger partial charge in [0.15, 0.2) is 6.17 Å². The third-order valence-corrected chi connectivity index (χ3v) is 2.82. The lowest BCUT2D eigenvalue weighted by molar-refractivity contribution is -0.137. The molecule has 0 saturated heterocycles. The molecule has 0 aliphatic heterocycles. The summed E-state index contributed by atoms with van der Waals surface area (Å²) in [5, 5.41) is 0. The van der Waals surface area contributed by atoms with Crippen LogP contribution in [0.1, 0.15) is 16.7 Å². The van der Waals surface area contributed by atoms with E-state index >= 15 is 0 Å². The van der Waals surface area contributed by atoms with Crippen LogP contribution in [-0.2, 0) is 19.0 Å². The van der Waals surface area contributed by atoms with Gasteiger partial charge in [-0.05, 0) is 23.3 Å². The van der Waals surface area contributed by atoms with Gasteiger partial charge in [-0.2, -0.15) is 13.2 Å². The van der Waals surface area contributed by atoms with E-state index < -0.39 is 36.7 Å². The molecule has 0 amide bonds. The Kier molecular flexibility index (Phi) is 2.63. The predicted octanol–water partition coefficient (Wildman–Crippen LogP) is 3.78. The van der Waals surface area contributed by atoms with E-state index in [-0.39, 0.29) is 11.1 Å². The standard InChI is InChI=1S/C11H8F6/c12-9-4-6-1-2-8(11(15,16)17)3-7(6)5-10(9,13)14/h1-3,9H,4-5H2. The molecule has 1 aliphatic rings.